The van der Waals surface area contributed by atoms with Crippen LogP contribution in [0.5, 0.6) is 0 Å². The maximum Gasteiger partial charge on any atom is 0.262 e. The molecule has 0 aromatic heterocycles. The number of nitrogens with zero attached hydrogens (tertiary/aromatic N) is 1. The predicted octanol–water partition coefficient (Wildman–Crippen LogP) is 4.38. The van der Waals surface area contributed by atoms with E-state index in [2.05, 4.69) is 4.72 Å². The Morgan fingerprint density at radius 2 is 1.63 bits per heavy atom. The van der Waals surface area contributed by atoms with Crippen molar-refractivity contribution in [2.24, 2.45) is 5.73 Å². The Kier molecular flexibility index (Phi) is 6.03. The summed E-state index contributed by atoms with van der Waals surface area (Å²) in [5.74, 6) is -0.934. The van der Waals surface area contributed by atoms with Crippen LogP contribution < -0.4 is 10.5 Å². The van der Waals surface area contributed by atoms with E-state index in [-0.39, 0.29) is 34.4 Å². The first-order valence-electron chi connectivity index (χ1n) is 11.9. The lowest BCUT2D eigenvalue weighted by molar-refractivity contribution is -0.134. The summed E-state index contributed by atoms with van der Waals surface area (Å²) in [4.78, 5) is 28.2. The third kappa shape index (κ3) is 4.31. The molecule has 1 aliphatic rings. The highest BCUT2D eigenvalue weighted by Gasteiger charge is 2.44. The van der Waals surface area contributed by atoms with Crippen molar-refractivity contribution in [3.8, 4) is 0 Å². The number of nitrogens with two attached hydrogens (primary N) is 1. The van der Waals surface area contributed by atoms with Gasteiger partial charge in [-0.15, -0.1) is 0 Å². The van der Waals surface area contributed by atoms with Crippen LogP contribution in [0.1, 0.15) is 40.9 Å². The first kappa shape index (κ1) is 25.2. The number of anilines is 1. The van der Waals surface area contributed by atoms with E-state index in [1.807, 2.05) is 18.2 Å². The summed E-state index contributed by atoms with van der Waals surface area (Å²) >= 11 is 0. The van der Waals surface area contributed by atoms with Gasteiger partial charge in [0.15, 0.2) is 0 Å². The van der Waals surface area contributed by atoms with E-state index in [0.29, 0.717) is 22.1 Å². The van der Waals surface area contributed by atoms with Crippen molar-refractivity contribution in [2.45, 2.75) is 30.7 Å². The first-order chi connectivity index (χ1) is 18.0. The molecule has 1 aliphatic heterocycles. The Labute approximate surface area is 220 Å². The SMILES string of the molecule is CC1(C)C(=O)N(Cc2ccc(C(=N)N)cc2)C(=O)c2cc(NS(=O)(=O)c3cccc4ccccc34)ccc21. The number of amides is 2. The average Bonchev–Trinajstić information content (AvgIpc) is 2.89. The molecular weight excluding hydrogens is 500 g/mol. The van der Waals surface area contributed by atoms with Crippen LogP contribution >= 0.6 is 0 Å². The molecule has 9 heteroatoms. The molecule has 0 aliphatic carbocycles. The van der Waals surface area contributed by atoms with Gasteiger partial charge in [0.1, 0.15) is 5.84 Å². The van der Waals surface area contributed by atoms with Crippen molar-refractivity contribution < 1.29 is 18.0 Å². The van der Waals surface area contributed by atoms with E-state index in [0.717, 1.165) is 5.39 Å². The number of carbonyl (C=O) groups excluding carboxylic acids is 2. The number of rotatable bonds is 6. The standard InChI is InChI=1S/C29H26N4O4S/c1-29(2)24-15-14-21(32-38(36,37)25-9-5-7-19-6-3-4-8-22(19)25)16-23(24)27(34)33(28(29)35)17-18-10-12-20(13-11-18)26(30)31/h3-16,32H,17H2,1-2H3,(H3,30,31). The Morgan fingerprint density at radius 1 is 0.947 bits per heavy atom. The van der Waals surface area contributed by atoms with Gasteiger partial charge in [-0.2, -0.15) is 0 Å². The molecule has 4 N–H and O–H groups in total. The molecule has 38 heavy (non-hydrogen) atoms. The third-order valence-electron chi connectivity index (χ3n) is 6.85. The van der Waals surface area contributed by atoms with Crippen molar-refractivity contribution in [2.75, 3.05) is 4.72 Å². The number of benzene rings is 4. The maximum absolute atomic E-state index is 13.5. The van der Waals surface area contributed by atoms with Gasteiger partial charge in [0.25, 0.3) is 15.9 Å². The van der Waals surface area contributed by atoms with Gasteiger partial charge in [-0.05, 0) is 48.6 Å². The number of hydrogen-bond donors (Lipinski definition) is 3. The lowest BCUT2D eigenvalue weighted by Gasteiger charge is -2.37. The molecular formula is C29H26N4O4S. The quantitative estimate of drug-likeness (QED) is 0.195. The van der Waals surface area contributed by atoms with Gasteiger partial charge in [-0.25, -0.2) is 8.42 Å². The van der Waals surface area contributed by atoms with Gasteiger partial charge < -0.3 is 5.73 Å². The van der Waals surface area contributed by atoms with E-state index in [1.165, 1.54) is 17.0 Å². The zero-order chi connectivity index (χ0) is 27.2. The van der Waals surface area contributed by atoms with E-state index < -0.39 is 21.3 Å². The molecule has 0 unspecified atom stereocenters. The highest BCUT2D eigenvalue weighted by Crippen LogP contribution is 2.37. The minimum atomic E-state index is -3.97. The largest absolute Gasteiger partial charge is 0.384 e. The zero-order valence-corrected chi connectivity index (χ0v) is 21.7. The van der Waals surface area contributed by atoms with Crippen LogP contribution in [-0.2, 0) is 26.8 Å². The van der Waals surface area contributed by atoms with Crippen LogP contribution in [-0.4, -0.2) is 31.0 Å². The van der Waals surface area contributed by atoms with Crippen molar-refractivity contribution in [3.63, 3.8) is 0 Å². The van der Waals surface area contributed by atoms with Crippen LogP contribution in [0.15, 0.2) is 89.8 Å². The third-order valence-corrected chi connectivity index (χ3v) is 8.28. The molecule has 0 atom stereocenters. The van der Waals surface area contributed by atoms with E-state index in [4.69, 9.17) is 11.1 Å². The smallest absolute Gasteiger partial charge is 0.262 e. The lowest BCUT2D eigenvalue weighted by Crippen LogP contribution is -2.51. The summed E-state index contributed by atoms with van der Waals surface area (Å²) in [7, 11) is -3.97. The Bertz CT molecular complexity index is 1720. The Hall–Kier alpha value is -4.50. The van der Waals surface area contributed by atoms with Gasteiger partial charge in [-0.3, -0.25) is 24.6 Å². The van der Waals surface area contributed by atoms with Crippen molar-refractivity contribution >= 4 is 44.1 Å². The molecule has 192 valence electrons. The fraction of sp³-hybridized carbons (Fsp3) is 0.138. The second kappa shape index (κ2) is 9.11. The van der Waals surface area contributed by atoms with Gasteiger partial charge in [0.05, 0.1) is 16.9 Å². The van der Waals surface area contributed by atoms with Gasteiger partial charge >= 0.3 is 0 Å². The summed E-state index contributed by atoms with van der Waals surface area (Å²) in [6.45, 7) is 3.52. The highest BCUT2D eigenvalue weighted by atomic mass is 32.2. The first-order valence-corrected chi connectivity index (χ1v) is 13.4. The molecule has 0 fully saturated rings. The van der Waals surface area contributed by atoms with Crippen molar-refractivity contribution in [1.82, 2.24) is 4.90 Å². The summed E-state index contributed by atoms with van der Waals surface area (Å²) in [5, 5.41) is 8.93. The molecule has 0 spiro atoms. The summed E-state index contributed by atoms with van der Waals surface area (Å²) in [6, 6.07) is 23.7. The van der Waals surface area contributed by atoms with E-state index >= 15 is 0 Å². The fourth-order valence-electron chi connectivity index (χ4n) is 4.78. The monoisotopic (exact) mass is 526 g/mol. The van der Waals surface area contributed by atoms with Crippen LogP contribution in [0.25, 0.3) is 10.8 Å². The topological polar surface area (TPSA) is 133 Å². The second-order valence-corrected chi connectivity index (χ2v) is 11.4. The van der Waals surface area contributed by atoms with Crippen molar-refractivity contribution in [3.05, 3.63) is 107 Å². The van der Waals surface area contributed by atoms with Crippen LogP contribution in [0.3, 0.4) is 0 Å². The van der Waals surface area contributed by atoms with Crippen LogP contribution in [0.2, 0.25) is 0 Å². The molecule has 5 rings (SSSR count). The number of amidine groups is 1. The Morgan fingerprint density at radius 3 is 2.34 bits per heavy atom. The van der Waals surface area contributed by atoms with Crippen LogP contribution in [0.4, 0.5) is 5.69 Å². The van der Waals surface area contributed by atoms with Gasteiger partial charge in [-0.1, -0.05) is 66.7 Å². The van der Waals surface area contributed by atoms with E-state index in [1.54, 1.807) is 68.4 Å². The number of nitrogen functional groups attached to an aromatic ring is 1. The molecule has 0 saturated carbocycles. The predicted molar refractivity (Wildman–Crippen MR) is 147 cm³/mol. The fourth-order valence-corrected chi connectivity index (χ4v) is 6.06. The van der Waals surface area contributed by atoms with Crippen LogP contribution in [0, 0.1) is 5.41 Å². The minimum Gasteiger partial charge on any atom is -0.384 e. The van der Waals surface area contributed by atoms with Gasteiger partial charge in [0.2, 0.25) is 5.91 Å². The lowest BCUT2D eigenvalue weighted by atomic mass is 9.77. The average molecular weight is 527 g/mol. The van der Waals surface area contributed by atoms with E-state index in [9.17, 15) is 18.0 Å². The van der Waals surface area contributed by atoms with Crippen molar-refractivity contribution in [1.29, 1.82) is 5.41 Å². The minimum absolute atomic E-state index is 0.0324. The molecule has 4 aromatic rings. The normalized spacial score (nSPS) is 14.8. The molecule has 2 amide bonds. The molecule has 4 aromatic carbocycles. The molecule has 0 saturated heterocycles. The molecule has 0 radical (unpaired) electrons. The summed E-state index contributed by atoms with van der Waals surface area (Å²) < 4.78 is 29.3. The number of carbonyl (C=O) groups is 2. The highest BCUT2D eigenvalue weighted by molar-refractivity contribution is 7.93. The summed E-state index contributed by atoms with van der Waals surface area (Å²) in [6.07, 6.45) is 0. The second-order valence-electron chi connectivity index (χ2n) is 9.78. The Balaban J connectivity index is 1.49. The number of hydrogen-bond acceptors (Lipinski definition) is 5. The number of sulfonamides is 1. The van der Waals surface area contributed by atoms with Gasteiger partial charge in [0, 0.05) is 22.2 Å². The maximum atomic E-state index is 13.5. The number of imide groups is 1. The molecule has 1 heterocycles. The zero-order valence-electron chi connectivity index (χ0n) is 20.9. The number of fused-ring (bicyclic) bond motifs is 2. The summed E-state index contributed by atoms with van der Waals surface area (Å²) in [5.41, 5.74) is 6.77. The molecule has 8 nitrogen and oxygen atoms in total. The molecule has 0 bridgehead atoms. The number of nitrogens with one attached hydrogen (secondary N) is 2.